The molecule has 0 spiro atoms. The van der Waals surface area contributed by atoms with Crippen LogP contribution in [-0.4, -0.2) is 36.7 Å². The Morgan fingerprint density at radius 1 is 1.14 bits per heavy atom. The fourth-order valence-electron chi connectivity index (χ4n) is 3.66. The van der Waals surface area contributed by atoms with Gasteiger partial charge in [0.15, 0.2) is 0 Å². The molecule has 0 bridgehead atoms. The minimum Gasteiger partial charge on any atom is -0.491 e. The van der Waals surface area contributed by atoms with Crippen LogP contribution in [0, 0.1) is 11.8 Å². The summed E-state index contributed by atoms with van der Waals surface area (Å²) in [6.45, 7) is 12.3. The van der Waals surface area contributed by atoms with Crippen LogP contribution in [0.3, 0.4) is 0 Å². The second-order valence-corrected chi connectivity index (χ2v) is 7.13. The summed E-state index contributed by atoms with van der Waals surface area (Å²) in [7, 11) is 0. The summed E-state index contributed by atoms with van der Waals surface area (Å²) in [4.78, 5) is 2.69. The Hall–Kier alpha value is -1.06. The van der Waals surface area contributed by atoms with Gasteiger partial charge in [-0.05, 0) is 17.9 Å². The molecule has 2 aliphatic heterocycles. The van der Waals surface area contributed by atoms with Crippen molar-refractivity contribution < 1.29 is 4.74 Å². The summed E-state index contributed by atoms with van der Waals surface area (Å²) in [6, 6.07) is 10.1. The Bertz CT molecular complexity index is 486. The number of para-hydroxylation sites is 1. The van der Waals surface area contributed by atoms with Gasteiger partial charge in [-0.25, -0.2) is 0 Å². The van der Waals surface area contributed by atoms with Gasteiger partial charge in [0.05, 0.1) is 6.04 Å². The molecule has 21 heavy (non-hydrogen) atoms. The summed E-state index contributed by atoms with van der Waals surface area (Å²) >= 11 is 0. The summed E-state index contributed by atoms with van der Waals surface area (Å²) in [5, 5.41) is 3.74. The maximum Gasteiger partial charge on any atom is 0.124 e. The van der Waals surface area contributed by atoms with Gasteiger partial charge in [0.1, 0.15) is 12.4 Å². The SMILES string of the molecule is CC(C)C1CN(C2COc3ccccc32)C(C(C)C)CN1. The highest BCUT2D eigenvalue weighted by atomic mass is 16.5. The number of benzene rings is 1. The first-order valence-corrected chi connectivity index (χ1v) is 8.28. The van der Waals surface area contributed by atoms with Crippen LogP contribution in [0.2, 0.25) is 0 Å². The lowest BCUT2D eigenvalue weighted by molar-refractivity contribution is 0.0364. The quantitative estimate of drug-likeness (QED) is 0.925. The lowest BCUT2D eigenvalue weighted by Crippen LogP contribution is -2.60. The van der Waals surface area contributed by atoms with E-state index in [4.69, 9.17) is 4.74 Å². The van der Waals surface area contributed by atoms with Crippen LogP contribution in [0.1, 0.15) is 39.3 Å². The number of nitrogens with one attached hydrogen (secondary N) is 1. The topological polar surface area (TPSA) is 24.5 Å². The van der Waals surface area contributed by atoms with E-state index in [2.05, 4.69) is 62.2 Å². The summed E-state index contributed by atoms with van der Waals surface area (Å²) in [5.74, 6) is 2.39. The van der Waals surface area contributed by atoms with Crippen LogP contribution in [0.25, 0.3) is 0 Å². The maximum atomic E-state index is 5.93. The van der Waals surface area contributed by atoms with Crippen LogP contribution in [-0.2, 0) is 0 Å². The van der Waals surface area contributed by atoms with Crippen molar-refractivity contribution >= 4 is 0 Å². The first-order valence-electron chi connectivity index (χ1n) is 8.28. The molecule has 1 N–H and O–H groups in total. The zero-order valence-electron chi connectivity index (χ0n) is 13.7. The lowest BCUT2D eigenvalue weighted by Gasteiger charge is -2.46. The Kier molecular flexibility index (Phi) is 4.23. The molecule has 1 aromatic rings. The van der Waals surface area contributed by atoms with E-state index in [1.807, 2.05) is 0 Å². The van der Waals surface area contributed by atoms with Gasteiger partial charge >= 0.3 is 0 Å². The molecule has 1 fully saturated rings. The number of fused-ring (bicyclic) bond motifs is 1. The van der Waals surface area contributed by atoms with Crippen molar-refractivity contribution in [2.75, 3.05) is 19.7 Å². The van der Waals surface area contributed by atoms with Gasteiger partial charge in [0, 0.05) is 30.7 Å². The number of rotatable bonds is 3. The Morgan fingerprint density at radius 2 is 1.90 bits per heavy atom. The number of hydrogen-bond donors (Lipinski definition) is 1. The highest BCUT2D eigenvalue weighted by Gasteiger charge is 2.39. The smallest absolute Gasteiger partial charge is 0.124 e. The zero-order chi connectivity index (χ0) is 15.0. The Balaban J connectivity index is 1.86. The molecule has 2 aliphatic rings. The number of piperazine rings is 1. The van der Waals surface area contributed by atoms with E-state index in [1.54, 1.807) is 0 Å². The molecule has 3 rings (SSSR count). The van der Waals surface area contributed by atoms with Crippen molar-refractivity contribution in [1.82, 2.24) is 10.2 Å². The highest BCUT2D eigenvalue weighted by molar-refractivity contribution is 5.39. The first kappa shape index (κ1) is 14.9. The van der Waals surface area contributed by atoms with Crippen molar-refractivity contribution in [3.63, 3.8) is 0 Å². The second-order valence-electron chi connectivity index (χ2n) is 7.13. The molecule has 0 radical (unpaired) electrons. The van der Waals surface area contributed by atoms with E-state index in [-0.39, 0.29) is 0 Å². The van der Waals surface area contributed by atoms with Gasteiger partial charge in [-0.1, -0.05) is 45.9 Å². The van der Waals surface area contributed by atoms with E-state index < -0.39 is 0 Å². The minimum atomic E-state index is 0.414. The van der Waals surface area contributed by atoms with E-state index >= 15 is 0 Å². The fraction of sp³-hybridized carbons (Fsp3) is 0.667. The van der Waals surface area contributed by atoms with Gasteiger partial charge in [0.2, 0.25) is 0 Å². The third kappa shape index (κ3) is 2.82. The van der Waals surface area contributed by atoms with Crippen LogP contribution in [0.5, 0.6) is 5.75 Å². The van der Waals surface area contributed by atoms with Crippen molar-refractivity contribution in [2.45, 2.75) is 45.8 Å². The fourth-order valence-corrected chi connectivity index (χ4v) is 3.66. The van der Waals surface area contributed by atoms with Crippen LogP contribution < -0.4 is 10.1 Å². The van der Waals surface area contributed by atoms with E-state index in [9.17, 15) is 0 Å². The van der Waals surface area contributed by atoms with Crippen molar-refractivity contribution in [2.24, 2.45) is 11.8 Å². The minimum absolute atomic E-state index is 0.414. The Labute approximate surface area is 128 Å². The predicted octanol–water partition coefficient (Wildman–Crippen LogP) is 3.07. The molecule has 0 saturated carbocycles. The van der Waals surface area contributed by atoms with E-state index in [1.165, 1.54) is 5.56 Å². The van der Waals surface area contributed by atoms with Crippen LogP contribution >= 0.6 is 0 Å². The van der Waals surface area contributed by atoms with Crippen molar-refractivity contribution in [1.29, 1.82) is 0 Å². The third-order valence-corrected chi connectivity index (χ3v) is 5.07. The molecule has 0 amide bonds. The van der Waals surface area contributed by atoms with Crippen molar-refractivity contribution in [3.05, 3.63) is 29.8 Å². The predicted molar refractivity (Wildman–Crippen MR) is 86.6 cm³/mol. The third-order valence-electron chi connectivity index (χ3n) is 5.07. The lowest BCUT2D eigenvalue weighted by atomic mass is 9.91. The van der Waals surface area contributed by atoms with Gasteiger partial charge in [-0.3, -0.25) is 4.90 Å². The average Bonchev–Trinajstić information content (AvgIpc) is 2.90. The maximum absolute atomic E-state index is 5.93. The average molecular weight is 288 g/mol. The van der Waals surface area contributed by atoms with Gasteiger partial charge in [-0.15, -0.1) is 0 Å². The summed E-state index contributed by atoms with van der Waals surface area (Å²) in [6.07, 6.45) is 0. The molecule has 3 nitrogen and oxygen atoms in total. The molecular formula is C18H28N2O. The molecule has 0 aromatic heterocycles. The van der Waals surface area contributed by atoms with Crippen LogP contribution in [0.15, 0.2) is 24.3 Å². The summed E-state index contributed by atoms with van der Waals surface area (Å²) in [5.41, 5.74) is 1.37. The molecular weight excluding hydrogens is 260 g/mol. The molecule has 3 unspecified atom stereocenters. The molecule has 0 aliphatic carbocycles. The standard InChI is InChI=1S/C18H28N2O/c1-12(2)15-10-20(16(9-19-15)13(3)4)17-11-21-18-8-6-5-7-14(17)18/h5-8,12-13,15-17,19H,9-11H2,1-4H3. The van der Waals surface area contributed by atoms with Gasteiger partial charge in [0.25, 0.3) is 0 Å². The molecule has 116 valence electrons. The molecule has 3 heteroatoms. The monoisotopic (exact) mass is 288 g/mol. The number of hydrogen-bond acceptors (Lipinski definition) is 3. The number of ether oxygens (including phenoxy) is 1. The molecule has 1 aromatic carbocycles. The highest BCUT2D eigenvalue weighted by Crippen LogP contribution is 2.38. The second kappa shape index (κ2) is 5.98. The summed E-state index contributed by atoms with van der Waals surface area (Å²) < 4.78 is 5.93. The molecule has 1 saturated heterocycles. The zero-order valence-corrected chi connectivity index (χ0v) is 13.7. The first-order chi connectivity index (χ1) is 10.1. The van der Waals surface area contributed by atoms with Crippen LogP contribution in [0.4, 0.5) is 0 Å². The van der Waals surface area contributed by atoms with E-state index in [0.717, 1.165) is 25.4 Å². The molecule has 2 heterocycles. The Morgan fingerprint density at radius 3 is 2.62 bits per heavy atom. The van der Waals surface area contributed by atoms with E-state index in [0.29, 0.717) is 30.0 Å². The normalized spacial score (nSPS) is 29.7. The molecule has 3 atom stereocenters. The van der Waals surface area contributed by atoms with Gasteiger partial charge < -0.3 is 10.1 Å². The number of nitrogens with zero attached hydrogens (tertiary/aromatic N) is 1. The largest absolute Gasteiger partial charge is 0.491 e. The van der Waals surface area contributed by atoms with Crippen molar-refractivity contribution in [3.8, 4) is 5.75 Å². The van der Waals surface area contributed by atoms with Gasteiger partial charge in [-0.2, -0.15) is 0 Å².